The Morgan fingerprint density at radius 2 is 2.43 bits per heavy atom. The molecule has 0 rings (SSSR count). The standard InChI is InChI=1S/C3H8N2OS/c4-7-3-1-2-5-6/h1-4H2. The van der Waals surface area contributed by atoms with Crippen LogP contribution < -0.4 is 5.14 Å². The molecule has 0 radical (unpaired) electrons. The third-order valence-electron chi connectivity index (χ3n) is 0.512. The lowest BCUT2D eigenvalue weighted by molar-refractivity contribution is 0.936. The zero-order valence-electron chi connectivity index (χ0n) is 3.96. The van der Waals surface area contributed by atoms with Crippen molar-refractivity contribution in [3.63, 3.8) is 0 Å². The predicted octanol–water partition coefficient (Wildman–Crippen LogP) is 0.750. The fourth-order valence-electron chi connectivity index (χ4n) is 0.212. The normalized spacial score (nSPS) is 8.71. The van der Waals surface area contributed by atoms with E-state index in [2.05, 4.69) is 5.18 Å². The molecule has 0 unspecified atom stereocenters. The molecule has 0 aliphatic rings. The van der Waals surface area contributed by atoms with Gasteiger partial charge in [0.15, 0.2) is 0 Å². The Balaban J connectivity index is 2.56. The van der Waals surface area contributed by atoms with Crippen LogP contribution in [0.4, 0.5) is 0 Å². The van der Waals surface area contributed by atoms with E-state index in [0.29, 0.717) is 6.54 Å². The highest BCUT2D eigenvalue weighted by molar-refractivity contribution is 7.97. The van der Waals surface area contributed by atoms with Gasteiger partial charge in [-0.05, 0) is 6.42 Å². The molecule has 0 aliphatic heterocycles. The van der Waals surface area contributed by atoms with Crippen LogP contribution in [0, 0.1) is 4.91 Å². The lowest BCUT2D eigenvalue weighted by Crippen LogP contribution is -1.86. The highest BCUT2D eigenvalue weighted by Gasteiger charge is 1.81. The second-order valence-corrected chi connectivity index (χ2v) is 1.82. The Morgan fingerprint density at radius 3 is 2.86 bits per heavy atom. The molecule has 2 N–H and O–H groups in total. The minimum atomic E-state index is 0.393. The maximum Gasteiger partial charge on any atom is 0.0819 e. The van der Waals surface area contributed by atoms with Crippen molar-refractivity contribution in [2.75, 3.05) is 12.3 Å². The van der Waals surface area contributed by atoms with Crippen molar-refractivity contribution in [2.24, 2.45) is 10.3 Å². The summed E-state index contributed by atoms with van der Waals surface area (Å²) in [6.45, 7) is 0.393. The van der Waals surface area contributed by atoms with Crippen LogP contribution >= 0.6 is 11.9 Å². The average Bonchev–Trinajstić information content (AvgIpc) is 1.69. The Kier molecular flexibility index (Phi) is 5.83. The second-order valence-electron chi connectivity index (χ2n) is 1.08. The maximum absolute atomic E-state index is 9.38. The molecule has 4 heteroatoms. The van der Waals surface area contributed by atoms with E-state index in [0.717, 1.165) is 12.2 Å². The summed E-state index contributed by atoms with van der Waals surface area (Å²) >= 11 is 1.24. The molecular formula is C3H8N2OS. The first-order chi connectivity index (χ1) is 3.41. The van der Waals surface area contributed by atoms with Gasteiger partial charge in [-0.15, -0.1) is 0 Å². The van der Waals surface area contributed by atoms with E-state index in [1.54, 1.807) is 0 Å². The minimum absolute atomic E-state index is 0.393. The first-order valence-electron chi connectivity index (χ1n) is 2.02. The summed E-state index contributed by atoms with van der Waals surface area (Å²) in [5.74, 6) is 0.825. The molecule has 0 aromatic rings. The number of nitrogens with zero attached hydrogens (tertiary/aromatic N) is 1. The summed E-state index contributed by atoms with van der Waals surface area (Å²) in [6.07, 6.45) is 0.796. The highest BCUT2D eigenvalue weighted by atomic mass is 32.2. The highest BCUT2D eigenvalue weighted by Crippen LogP contribution is 1.89. The van der Waals surface area contributed by atoms with Gasteiger partial charge in [-0.1, -0.05) is 17.1 Å². The lowest BCUT2D eigenvalue weighted by Gasteiger charge is -1.85. The molecule has 0 saturated carbocycles. The summed E-state index contributed by atoms with van der Waals surface area (Å²) in [5, 5.41) is 7.70. The van der Waals surface area contributed by atoms with Crippen molar-refractivity contribution in [3.05, 3.63) is 4.91 Å². The van der Waals surface area contributed by atoms with Crippen LogP contribution in [-0.4, -0.2) is 12.3 Å². The van der Waals surface area contributed by atoms with Crippen LogP contribution in [0.15, 0.2) is 5.18 Å². The van der Waals surface area contributed by atoms with E-state index in [4.69, 9.17) is 5.14 Å². The molecule has 3 nitrogen and oxygen atoms in total. The molecule has 0 aromatic heterocycles. The van der Waals surface area contributed by atoms with Crippen molar-refractivity contribution in [3.8, 4) is 0 Å². The molecule has 0 bridgehead atoms. The lowest BCUT2D eigenvalue weighted by atomic mass is 10.5. The molecule has 0 spiro atoms. The van der Waals surface area contributed by atoms with Crippen molar-refractivity contribution >= 4 is 11.9 Å². The topological polar surface area (TPSA) is 55.4 Å². The van der Waals surface area contributed by atoms with Crippen LogP contribution in [0.25, 0.3) is 0 Å². The Hall–Kier alpha value is -0.0900. The van der Waals surface area contributed by atoms with E-state index >= 15 is 0 Å². The minimum Gasteiger partial charge on any atom is -0.278 e. The van der Waals surface area contributed by atoms with Gasteiger partial charge in [0.1, 0.15) is 0 Å². The van der Waals surface area contributed by atoms with Gasteiger partial charge in [0.2, 0.25) is 0 Å². The van der Waals surface area contributed by atoms with E-state index in [-0.39, 0.29) is 0 Å². The van der Waals surface area contributed by atoms with Gasteiger partial charge in [0, 0.05) is 5.75 Å². The van der Waals surface area contributed by atoms with Crippen LogP contribution in [0.1, 0.15) is 6.42 Å². The Labute approximate surface area is 46.8 Å². The SMILES string of the molecule is NSCCCN=O. The zero-order chi connectivity index (χ0) is 5.54. The van der Waals surface area contributed by atoms with E-state index in [1.807, 2.05) is 0 Å². The van der Waals surface area contributed by atoms with Crippen molar-refractivity contribution in [1.82, 2.24) is 0 Å². The Bertz CT molecular complexity index is 50.2. The fraction of sp³-hybridized carbons (Fsp3) is 1.00. The first kappa shape index (κ1) is 6.91. The smallest absolute Gasteiger partial charge is 0.0819 e. The quantitative estimate of drug-likeness (QED) is 0.338. The van der Waals surface area contributed by atoms with Crippen LogP contribution in [0.3, 0.4) is 0 Å². The summed E-state index contributed by atoms with van der Waals surface area (Å²) < 4.78 is 0. The molecule has 0 aliphatic carbocycles. The molecule has 42 valence electrons. The molecule has 0 atom stereocenters. The number of hydrogen-bond donors (Lipinski definition) is 1. The molecular weight excluding hydrogens is 112 g/mol. The van der Waals surface area contributed by atoms with Crippen LogP contribution in [0.5, 0.6) is 0 Å². The zero-order valence-corrected chi connectivity index (χ0v) is 4.78. The average molecular weight is 120 g/mol. The summed E-state index contributed by atoms with van der Waals surface area (Å²) in [4.78, 5) is 9.38. The van der Waals surface area contributed by atoms with Gasteiger partial charge >= 0.3 is 0 Å². The summed E-state index contributed by atoms with van der Waals surface area (Å²) in [5.41, 5.74) is 0. The van der Waals surface area contributed by atoms with Gasteiger partial charge in [0.05, 0.1) is 6.54 Å². The molecule has 0 saturated heterocycles. The molecule has 7 heavy (non-hydrogen) atoms. The van der Waals surface area contributed by atoms with Gasteiger partial charge in [-0.2, -0.15) is 4.91 Å². The number of rotatable bonds is 4. The number of nitrogens with two attached hydrogens (primary N) is 1. The van der Waals surface area contributed by atoms with E-state index < -0.39 is 0 Å². The molecule has 0 fully saturated rings. The van der Waals surface area contributed by atoms with Crippen LogP contribution in [0.2, 0.25) is 0 Å². The van der Waals surface area contributed by atoms with Gasteiger partial charge < -0.3 is 0 Å². The van der Waals surface area contributed by atoms with E-state index in [1.165, 1.54) is 11.9 Å². The largest absolute Gasteiger partial charge is 0.278 e. The maximum atomic E-state index is 9.38. The fourth-order valence-corrected chi connectivity index (χ4v) is 0.508. The summed E-state index contributed by atoms with van der Waals surface area (Å²) in [6, 6.07) is 0. The third-order valence-corrected chi connectivity index (χ3v) is 1.04. The second kappa shape index (κ2) is 5.91. The first-order valence-corrected chi connectivity index (χ1v) is 3.07. The third kappa shape index (κ3) is 5.91. The molecule has 0 heterocycles. The van der Waals surface area contributed by atoms with Crippen LogP contribution in [-0.2, 0) is 0 Å². The van der Waals surface area contributed by atoms with Crippen molar-refractivity contribution < 1.29 is 0 Å². The van der Waals surface area contributed by atoms with E-state index in [9.17, 15) is 4.91 Å². The van der Waals surface area contributed by atoms with Crippen molar-refractivity contribution in [1.29, 1.82) is 0 Å². The number of hydrogen-bond acceptors (Lipinski definition) is 4. The van der Waals surface area contributed by atoms with Crippen molar-refractivity contribution in [2.45, 2.75) is 6.42 Å². The molecule has 0 aromatic carbocycles. The monoisotopic (exact) mass is 120 g/mol. The Morgan fingerprint density at radius 1 is 1.71 bits per heavy atom. The molecule has 0 amide bonds. The number of nitroso groups, excluding NO2 is 1. The van der Waals surface area contributed by atoms with Gasteiger partial charge in [-0.25, -0.2) is 0 Å². The van der Waals surface area contributed by atoms with Gasteiger partial charge in [0.25, 0.3) is 0 Å². The predicted molar refractivity (Wildman–Crippen MR) is 31.9 cm³/mol. The summed E-state index contributed by atoms with van der Waals surface area (Å²) in [7, 11) is 0. The van der Waals surface area contributed by atoms with Gasteiger partial charge in [-0.3, -0.25) is 5.14 Å².